The molecular formula is C19H27N5O2S. The van der Waals surface area contributed by atoms with Crippen LogP contribution < -0.4 is 15.9 Å². The van der Waals surface area contributed by atoms with Gasteiger partial charge in [-0.2, -0.15) is 0 Å². The number of aromatic nitrogens is 3. The molecule has 1 aliphatic carbocycles. The van der Waals surface area contributed by atoms with Gasteiger partial charge in [-0.05, 0) is 30.5 Å². The molecule has 0 aliphatic heterocycles. The molecule has 0 spiro atoms. The molecule has 1 aromatic heterocycles. The van der Waals surface area contributed by atoms with Crippen molar-refractivity contribution in [2.75, 3.05) is 18.7 Å². The molecule has 1 amide bonds. The van der Waals surface area contributed by atoms with Gasteiger partial charge in [-0.3, -0.25) is 4.79 Å². The third kappa shape index (κ3) is 5.63. The summed E-state index contributed by atoms with van der Waals surface area (Å²) in [5, 5.41) is 12.0. The Balaban J connectivity index is 1.51. The Morgan fingerprint density at radius 3 is 2.59 bits per heavy atom. The van der Waals surface area contributed by atoms with Gasteiger partial charge >= 0.3 is 0 Å². The fourth-order valence-corrected chi connectivity index (χ4v) is 3.96. The van der Waals surface area contributed by atoms with Crippen LogP contribution in [0.3, 0.4) is 0 Å². The zero-order valence-electron chi connectivity index (χ0n) is 15.7. The quantitative estimate of drug-likeness (QED) is 0.429. The first-order valence-electron chi connectivity index (χ1n) is 9.40. The summed E-state index contributed by atoms with van der Waals surface area (Å²) < 4.78 is 6.63. The van der Waals surface area contributed by atoms with Crippen molar-refractivity contribution in [3.8, 4) is 5.75 Å². The molecule has 1 aliphatic rings. The van der Waals surface area contributed by atoms with E-state index in [1.165, 1.54) is 42.1 Å². The Hall–Kier alpha value is -2.22. The molecule has 1 heterocycles. The van der Waals surface area contributed by atoms with Crippen molar-refractivity contribution in [3.63, 3.8) is 0 Å². The van der Waals surface area contributed by atoms with Gasteiger partial charge in [-0.15, -0.1) is 10.2 Å². The number of nitrogens with one attached hydrogen (secondary N) is 1. The first-order chi connectivity index (χ1) is 13.2. The van der Waals surface area contributed by atoms with E-state index in [0.717, 1.165) is 24.2 Å². The molecule has 8 heteroatoms. The number of hydrogen-bond donors (Lipinski definition) is 2. The summed E-state index contributed by atoms with van der Waals surface area (Å²) in [5.74, 6) is 7.91. The molecule has 7 nitrogen and oxygen atoms in total. The van der Waals surface area contributed by atoms with Crippen molar-refractivity contribution < 1.29 is 9.53 Å². The van der Waals surface area contributed by atoms with E-state index in [1.54, 1.807) is 7.11 Å². The van der Waals surface area contributed by atoms with Crippen LogP contribution in [0.25, 0.3) is 0 Å². The van der Waals surface area contributed by atoms with Gasteiger partial charge in [0.2, 0.25) is 11.1 Å². The number of thioether (sulfide) groups is 1. The van der Waals surface area contributed by atoms with Crippen molar-refractivity contribution in [1.82, 2.24) is 20.2 Å². The SMILES string of the molecule is COc1ccc(Cc2nnc(SCC(=O)NC3CCCCCC3)n2N)cc1. The topological polar surface area (TPSA) is 95.1 Å². The van der Waals surface area contributed by atoms with E-state index in [2.05, 4.69) is 15.5 Å². The number of nitrogens with zero attached hydrogens (tertiary/aromatic N) is 3. The molecule has 1 saturated carbocycles. The second-order valence-corrected chi connectivity index (χ2v) is 7.78. The molecule has 146 valence electrons. The van der Waals surface area contributed by atoms with Crippen LogP contribution in [0.15, 0.2) is 29.4 Å². The van der Waals surface area contributed by atoms with Crippen molar-refractivity contribution >= 4 is 17.7 Å². The van der Waals surface area contributed by atoms with Gasteiger partial charge < -0.3 is 15.9 Å². The number of carbonyl (C=O) groups excluding carboxylic acids is 1. The molecule has 1 aromatic carbocycles. The minimum absolute atomic E-state index is 0.0339. The highest BCUT2D eigenvalue weighted by atomic mass is 32.2. The van der Waals surface area contributed by atoms with Crippen LogP contribution in [-0.2, 0) is 11.2 Å². The summed E-state index contributed by atoms with van der Waals surface area (Å²) >= 11 is 1.32. The molecule has 3 rings (SSSR count). The number of nitrogen functional groups attached to an aromatic ring is 1. The number of benzene rings is 1. The standard InChI is InChI=1S/C19H27N5O2S/c1-26-16-10-8-14(9-11-16)12-17-22-23-19(24(17)20)27-13-18(25)21-15-6-4-2-3-5-7-15/h8-11,15H,2-7,12-13,20H2,1H3,(H,21,25). The monoisotopic (exact) mass is 389 g/mol. The van der Waals surface area contributed by atoms with E-state index >= 15 is 0 Å². The smallest absolute Gasteiger partial charge is 0.230 e. The van der Waals surface area contributed by atoms with Gasteiger partial charge in [0, 0.05) is 12.5 Å². The lowest BCUT2D eigenvalue weighted by Gasteiger charge is -2.15. The van der Waals surface area contributed by atoms with Crippen molar-refractivity contribution in [2.45, 2.75) is 56.1 Å². The van der Waals surface area contributed by atoms with E-state index in [9.17, 15) is 4.79 Å². The Bertz CT molecular complexity index is 739. The number of methoxy groups -OCH3 is 1. The fourth-order valence-electron chi connectivity index (χ4n) is 3.28. The predicted molar refractivity (Wildman–Crippen MR) is 106 cm³/mol. The minimum atomic E-state index is 0.0339. The molecule has 0 atom stereocenters. The Morgan fingerprint density at radius 1 is 1.22 bits per heavy atom. The number of nitrogens with two attached hydrogens (primary N) is 1. The molecule has 0 radical (unpaired) electrons. The van der Waals surface area contributed by atoms with Crippen molar-refractivity contribution in [2.24, 2.45) is 0 Å². The van der Waals surface area contributed by atoms with E-state index < -0.39 is 0 Å². The Labute approximate surface area is 164 Å². The van der Waals surface area contributed by atoms with Gasteiger partial charge in [0.05, 0.1) is 12.9 Å². The molecule has 1 fully saturated rings. The summed E-state index contributed by atoms with van der Waals surface area (Å²) in [6.45, 7) is 0. The van der Waals surface area contributed by atoms with Crippen LogP contribution >= 0.6 is 11.8 Å². The maximum atomic E-state index is 12.2. The van der Waals surface area contributed by atoms with Crippen LogP contribution in [0.5, 0.6) is 5.75 Å². The van der Waals surface area contributed by atoms with E-state index in [1.807, 2.05) is 24.3 Å². The number of amides is 1. The maximum absolute atomic E-state index is 12.2. The lowest BCUT2D eigenvalue weighted by atomic mass is 10.1. The van der Waals surface area contributed by atoms with Crippen LogP contribution in [0, 0.1) is 0 Å². The van der Waals surface area contributed by atoms with Gasteiger partial charge in [0.25, 0.3) is 0 Å². The average Bonchev–Trinajstić information content (AvgIpc) is 2.87. The van der Waals surface area contributed by atoms with Gasteiger partial charge in [0.1, 0.15) is 5.75 Å². The first-order valence-corrected chi connectivity index (χ1v) is 10.4. The largest absolute Gasteiger partial charge is 0.497 e. The minimum Gasteiger partial charge on any atom is -0.497 e. The number of carbonyl (C=O) groups is 1. The van der Waals surface area contributed by atoms with Crippen LogP contribution in [0.1, 0.15) is 49.9 Å². The van der Waals surface area contributed by atoms with Crippen LogP contribution in [0.2, 0.25) is 0 Å². The van der Waals surface area contributed by atoms with E-state index in [0.29, 0.717) is 29.2 Å². The Morgan fingerprint density at radius 2 is 1.93 bits per heavy atom. The van der Waals surface area contributed by atoms with Gasteiger partial charge in [0.15, 0.2) is 5.82 Å². The summed E-state index contributed by atoms with van der Waals surface area (Å²) in [4.78, 5) is 12.2. The maximum Gasteiger partial charge on any atom is 0.230 e. The highest BCUT2D eigenvalue weighted by Crippen LogP contribution is 2.19. The molecule has 3 N–H and O–H groups in total. The lowest BCUT2D eigenvalue weighted by molar-refractivity contribution is -0.119. The molecule has 2 aromatic rings. The zero-order chi connectivity index (χ0) is 19.1. The number of ether oxygens (including phenoxy) is 1. The van der Waals surface area contributed by atoms with Crippen LogP contribution in [0.4, 0.5) is 0 Å². The lowest BCUT2D eigenvalue weighted by Crippen LogP contribution is -2.35. The first kappa shape index (κ1) is 19.5. The summed E-state index contributed by atoms with van der Waals surface area (Å²) in [6.07, 6.45) is 7.67. The second kappa shape index (κ2) is 9.64. The highest BCUT2D eigenvalue weighted by molar-refractivity contribution is 7.99. The van der Waals surface area contributed by atoms with Gasteiger partial charge in [-0.1, -0.05) is 49.6 Å². The molecule has 0 bridgehead atoms. The third-order valence-electron chi connectivity index (χ3n) is 4.81. The fraction of sp³-hybridized carbons (Fsp3) is 0.526. The molecule has 0 unspecified atom stereocenters. The van der Waals surface area contributed by atoms with Crippen LogP contribution in [-0.4, -0.2) is 39.7 Å². The van der Waals surface area contributed by atoms with Crippen molar-refractivity contribution in [3.05, 3.63) is 35.7 Å². The van der Waals surface area contributed by atoms with Gasteiger partial charge in [-0.25, -0.2) is 4.68 Å². The molecule has 27 heavy (non-hydrogen) atoms. The number of hydrogen-bond acceptors (Lipinski definition) is 6. The van der Waals surface area contributed by atoms with E-state index in [4.69, 9.17) is 10.6 Å². The zero-order valence-corrected chi connectivity index (χ0v) is 16.5. The second-order valence-electron chi connectivity index (χ2n) is 6.84. The average molecular weight is 390 g/mol. The third-order valence-corrected chi connectivity index (χ3v) is 5.75. The normalized spacial score (nSPS) is 15.3. The summed E-state index contributed by atoms with van der Waals surface area (Å²) in [6, 6.07) is 8.06. The number of rotatable bonds is 7. The van der Waals surface area contributed by atoms with E-state index in [-0.39, 0.29) is 5.91 Å². The summed E-state index contributed by atoms with van der Waals surface area (Å²) in [7, 11) is 1.64. The summed E-state index contributed by atoms with van der Waals surface area (Å²) in [5.41, 5.74) is 1.07. The highest BCUT2D eigenvalue weighted by Gasteiger charge is 2.17. The predicted octanol–water partition coefficient (Wildman–Crippen LogP) is 2.52. The Kier molecular flexibility index (Phi) is 6.98. The molecule has 0 saturated heterocycles. The van der Waals surface area contributed by atoms with Crippen molar-refractivity contribution in [1.29, 1.82) is 0 Å². The molecular weight excluding hydrogens is 362 g/mol.